The van der Waals surface area contributed by atoms with E-state index in [2.05, 4.69) is 31.0 Å². The first-order chi connectivity index (χ1) is 5.29. The lowest BCUT2D eigenvalue weighted by molar-refractivity contribution is 0.543. The van der Waals surface area contributed by atoms with Crippen molar-refractivity contribution in [1.29, 1.82) is 0 Å². The zero-order valence-corrected chi connectivity index (χ0v) is 7.27. The lowest BCUT2D eigenvalue weighted by Crippen LogP contribution is -2.29. The molecule has 0 fully saturated rings. The first-order valence-electron chi connectivity index (χ1n) is 4.33. The highest BCUT2D eigenvalue weighted by Crippen LogP contribution is 2.09. The minimum atomic E-state index is 0.598. The van der Waals surface area contributed by atoms with E-state index in [9.17, 15) is 0 Å². The van der Waals surface area contributed by atoms with Crippen LogP contribution in [0.1, 0.15) is 26.2 Å². The van der Waals surface area contributed by atoms with Gasteiger partial charge in [0.1, 0.15) is 0 Å². The number of allylic oxidation sites excluding steroid dienone is 1. The molecule has 0 aliphatic heterocycles. The van der Waals surface area contributed by atoms with Crippen molar-refractivity contribution in [1.82, 2.24) is 5.32 Å². The van der Waals surface area contributed by atoms with Crippen molar-refractivity contribution in [2.45, 2.75) is 32.2 Å². The number of nitrogens with one attached hydrogen (secondary N) is 1. The second kappa shape index (κ2) is 4.35. The summed E-state index contributed by atoms with van der Waals surface area (Å²) < 4.78 is 0. The van der Waals surface area contributed by atoms with Crippen LogP contribution in [-0.4, -0.2) is 12.6 Å². The molecule has 0 aromatic heterocycles. The van der Waals surface area contributed by atoms with E-state index in [0.29, 0.717) is 6.04 Å². The molecule has 1 rings (SSSR count). The van der Waals surface area contributed by atoms with Crippen molar-refractivity contribution < 1.29 is 0 Å². The van der Waals surface area contributed by atoms with Crippen molar-refractivity contribution in [3.8, 4) is 0 Å². The Kier molecular flexibility index (Phi) is 3.37. The first kappa shape index (κ1) is 8.54. The summed E-state index contributed by atoms with van der Waals surface area (Å²) in [6.07, 6.45) is 8.39. The Hall–Kier alpha value is -0.560. The number of hydrogen-bond donors (Lipinski definition) is 1. The largest absolute Gasteiger partial charge is 0.307 e. The van der Waals surface area contributed by atoms with Gasteiger partial charge in [-0.2, -0.15) is 0 Å². The summed E-state index contributed by atoms with van der Waals surface area (Å²) in [7, 11) is 0. The lowest BCUT2D eigenvalue weighted by Gasteiger charge is -2.17. The summed E-state index contributed by atoms with van der Waals surface area (Å²) in [6.45, 7) is 6.86. The van der Waals surface area contributed by atoms with Crippen LogP contribution in [0.5, 0.6) is 0 Å². The molecule has 0 saturated heterocycles. The Morgan fingerprint density at radius 1 is 1.73 bits per heavy atom. The van der Waals surface area contributed by atoms with E-state index in [1.165, 1.54) is 24.8 Å². The molecule has 1 aliphatic rings. The second-order valence-corrected chi connectivity index (χ2v) is 3.30. The molecule has 0 spiro atoms. The van der Waals surface area contributed by atoms with Gasteiger partial charge in [-0.3, -0.25) is 0 Å². The summed E-state index contributed by atoms with van der Waals surface area (Å²) in [6, 6.07) is 0.598. The molecular weight excluding hydrogens is 134 g/mol. The molecule has 0 aromatic rings. The maximum Gasteiger partial charge on any atom is 0.0253 e. The molecule has 0 radical (unpaired) electrons. The molecule has 1 aliphatic carbocycles. The summed E-state index contributed by atoms with van der Waals surface area (Å²) in [5, 5.41) is 3.43. The van der Waals surface area contributed by atoms with E-state index in [1.54, 1.807) is 0 Å². The molecule has 1 heteroatoms. The smallest absolute Gasteiger partial charge is 0.0253 e. The molecule has 0 saturated carbocycles. The summed E-state index contributed by atoms with van der Waals surface area (Å²) in [4.78, 5) is 0. The Morgan fingerprint density at radius 3 is 3.09 bits per heavy atom. The van der Waals surface area contributed by atoms with Crippen molar-refractivity contribution in [3.63, 3.8) is 0 Å². The summed E-state index contributed by atoms with van der Waals surface area (Å²) in [5.41, 5.74) is 1.21. The topological polar surface area (TPSA) is 12.0 Å². The third-order valence-electron chi connectivity index (χ3n) is 1.92. The molecule has 62 valence electrons. The van der Waals surface area contributed by atoms with Gasteiger partial charge in [0.05, 0.1) is 0 Å². The minimum absolute atomic E-state index is 0.598. The summed E-state index contributed by atoms with van der Waals surface area (Å²) in [5.74, 6) is 0. The van der Waals surface area contributed by atoms with Crippen molar-refractivity contribution in [3.05, 3.63) is 24.3 Å². The van der Waals surface area contributed by atoms with Crippen LogP contribution in [0.3, 0.4) is 0 Å². The fourth-order valence-corrected chi connectivity index (χ4v) is 1.29. The molecule has 0 bridgehead atoms. The molecule has 1 atom stereocenters. The second-order valence-electron chi connectivity index (χ2n) is 3.30. The molecular formula is C10H17N. The fourth-order valence-electron chi connectivity index (χ4n) is 1.29. The van der Waals surface area contributed by atoms with Crippen molar-refractivity contribution in [2.24, 2.45) is 0 Å². The third kappa shape index (κ3) is 3.38. The average molecular weight is 151 g/mol. The van der Waals surface area contributed by atoms with Crippen LogP contribution in [0, 0.1) is 0 Å². The molecule has 0 amide bonds. The monoisotopic (exact) mass is 151 g/mol. The van der Waals surface area contributed by atoms with Crippen molar-refractivity contribution >= 4 is 0 Å². The highest BCUT2D eigenvalue weighted by Gasteiger charge is 2.05. The van der Waals surface area contributed by atoms with Gasteiger partial charge in [0.25, 0.3) is 0 Å². The van der Waals surface area contributed by atoms with Gasteiger partial charge in [-0.1, -0.05) is 24.3 Å². The van der Waals surface area contributed by atoms with Gasteiger partial charge in [0, 0.05) is 12.6 Å². The van der Waals surface area contributed by atoms with E-state index < -0.39 is 0 Å². The Morgan fingerprint density at radius 2 is 2.55 bits per heavy atom. The van der Waals surface area contributed by atoms with Crippen LogP contribution < -0.4 is 5.32 Å². The van der Waals surface area contributed by atoms with Gasteiger partial charge in [-0.25, -0.2) is 0 Å². The van der Waals surface area contributed by atoms with Crippen molar-refractivity contribution in [2.75, 3.05) is 6.54 Å². The fraction of sp³-hybridized carbons (Fsp3) is 0.600. The zero-order valence-electron chi connectivity index (χ0n) is 7.27. The standard InChI is InChI=1S/C10H17N/c1-9(2)8-11-10-6-4-3-5-7-10/h4,6,10-11H,1,3,5,7-8H2,2H3. The average Bonchev–Trinajstić information content (AvgIpc) is 2.03. The Labute approximate surface area is 69.2 Å². The molecule has 0 aromatic carbocycles. The Balaban J connectivity index is 2.20. The van der Waals surface area contributed by atoms with Crippen LogP contribution >= 0.6 is 0 Å². The van der Waals surface area contributed by atoms with Crippen LogP contribution in [0.2, 0.25) is 0 Å². The molecule has 1 unspecified atom stereocenters. The number of hydrogen-bond acceptors (Lipinski definition) is 1. The van der Waals surface area contributed by atoms with E-state index in [-0.39, 0.29) is 0 Å². The van der Waals surface area contributed by atoms with E-state index in [4.69, 9.17) is 0 Å². The van der Waals surface area contributed by atoms with Crippen LogP contribution in [-0.2, 0) is 0 Å². The quantitative estimate of drug-likeness (QED) is 0.610. The molecule has 0 heterocycles. The van der Waals surface area contributed by atoms with E-state index in [0.717, 1.165) is 6.54 Å². The van der Waals surface area contributed by atoms with E-state index >= 15 is 0 Å². The predicted octanol–water partition coefficient (Wildman–Crippen LogP) is 2.26. The Bertz CT molecular complexity index is 158. The van der Waals surface area contributed by atoms with Gasteiger partial charge >= 0.3 is 0 Å². The normalized spacial score (nSPS) is 23.5. The maximum atomic E-state index is 3.85. The van der Waals surface area contributed by atoms with Gasteiger partial charge in [-0.15, -0.1) is 0 Å². The van der Waals surface area contributed by atoms with Gasteiger partial charge < -0.3 is 5.32 Å². The highest BCUT2D eigenvalue weighted by atomic mass is 14.9. The highest BCUT2D eigenvalue weighted by molar-refractivity contribution is 5.00. The van der Waals surface area contributed by atoms with Crippen LogP contribution in [0.25, 0.3) is 0 Å². The van der Waals surface area contributed by atoms with Crippen LogP contribution in [0.4, 0.5) is 0 Å². The van der Waals surface area contributed by atoms with E-state index in [1.807, 2.05) is 0 Å². The predicted molar refractivity (Wildman–Crippen MR) is 49.6 cm³/mol. The molecule has 1 N–H and O–H groups in total. The maximum absolute atomic E-state index is 3.85. The van der Waals surface area contributed by atoms with Crippen LogP contribution in [0.15, 0.2) is 24.3 Å². The van der Waals surface area contributed by atoms with Gasteiger partial charge in [-0.05, 0) is 26.2 Å². The lowest BCUT2D eigenvalue weighted by atomic mass is 10.0. The molecule has 11 heavy (non-hydrogen) atoms. The summed E-state index contributed by atoms with van der Waals surface area (Å²) >= 11 is 0. The SMILES string of the molecule is C=C(C)CNC1C=CCCC1. The minimum Gasteiger partial charge on any atom is -0.307 e. The van der Waals surface area contributed by atoms with Gasteiger partial charge in [0.2, 0.25) is 0 Å². The van der Waals surface area contributed by atoms with Gasteiger partial charge in [0.15, 0.2) is 0 Å². The third-order valence-corrected chi connectivity index (χ3v) is 1.92. The molecule has 1 nitrogen and oxygen atoms in total. The number of rotatable bonds is 3. The first-order valence-corrected chi connectivity index (χ1v) is 4.33. The zero-order chi connectivity index (χ0) is 8.10.